The number of likely N-dealkylation sites (N-methyl/N-ethyl adjacent to an activating group) is 1. The van der Waals surface area contributed by atoms with E-state index in [0.29, 0.717) is 6.54 Å². The molecule has 82 valence electrons. The lowest BCUT2D eigenvalue weighted by Gasteiger charge is -2.17. The first-order valence-electron chi connectivity index (χ1n) is 4.65. The first-order chi connectivity index (χ1) is 7.19. The fraction of sp³-hybridized carbons (Fsp3) is 0.364. The normalized spacial score (nSPS) is 9.80. The fourth-order valence-corrected chi connectivity index (χ4v) is 1.30. The van der Waals surface area contributed by atoms with E-state index in [9.17, 15) is 4.79 Å². The summed E-state index contributed by atoms with van der Waals surface area (Å²) in [6.07, 6.45) is 0. The number of methoxy groups -OCH3 is 1. The zero-order chi connectivity index (χ0) is 11.3. The number of para-hydroxylation sites is 1. The van der Waals surface area contributed by atoms with Crippen LogP contribution in [0.25, 0.3) is 0 Å². The second-order valence-electron chi connectivity index (χ2n) is 3.22. The maximum atomic E-state index is 11.2. The molecule has 0 fully saturated rings. The number of benzene rings is 1. The predicted octanol–water partition coefficient (Wildman–Crippen LogP) is 0.646. The van der Waals surface area contributed by atoms with Crippen LogP contribution < -0.4 is 4.74 Å². The lowest BCUT2D eigenvalue weighted by atomic mass is 10.2. The number of rotatable bonds is 4. The molecule has 1 N–H and O–H groups in total. The Balaban J connectivity index is 2.75. The second kappa shape index (κ2) is 5.36. The van der Waals surface area contributed by atoms with Crippen LogP contribution in [0.4, 0.5) is 0 Å². The Morgan fingerprint density at radius 2 is 2.13 bits per heavy atom. The summed E-state index contributed by atoms with van der Waals surface area (Å²) in [6, 6.07) is 7.48. The number of ether oxygens (including phenoxy) is 1. The Morgan fingerprint density at radius 1 is 1.47 bits per heavy atom. The molecule has 1 aromatic rings. The Morgan fingerprint density at radius 3 is 2.73 bits per heavy atom. The van der Waals surface area contributed by atoms with Crippen molar-refractivity contribution >= 4 is 5.91 Å². The predicted molar refractivity (Wildman–Crippen MR) is 56.6 cm³/mol. The molecule has 0 bridgehead atoms. The standard InChI is InChI=1S/C11H15NO3/c1-12(11(14)8-13)7-9-5-3-4-6-10(9)15-2/h3-6,13H,7-8H2,1-2H3. The first kappa shape index (κ1) is 11.5. The van der Waals surface area contributed by atoms with Gasteiger partial charge in [-0.05, 0) is 6.07 Å². The summed E-state index contributed by atoms with van der Waals surface area (Å²) >= 11 is 0. The van der Waals surface area contributed by atoms with E-state index in [-0.39, 0.29) is 5.91 Å². The summed E-state index contributed by atoms with van der Waals surface area (Å²) in [6.45, 7) is -0.0327. The monoisotopic (exact) mass is 209 g/mol. The average Bonchev–Trinajstić information content (AvgIpc) is 2.28. The van der Waals surface area contributed by atoms with E-state index in [0.717, 1.165) is 11.3 Å². The molecule has 0 aliphatic carbocycles. The van der Waals surface area contributed by atoms with E-state index >= 15 is 0 Å². The van der Waals surface area contributed by atoms with Gasteiger partial charge in [0.15, 0.2) is 0 Å². The van der Waals surface area contributed by atoms with Crippen LogP contribution in [-0.2, 0) is 11.3 Å². The van der Waals surface area contributed by atoms with E-state index in [1.54, 1.807) is 14.2 Å². The summed E-state index contributed by atoms with van der Waals surface area (Å²) < 4.78 is 5.16. The van der Waals surface area contributed by atoms with E-state index in [4.69, 9.17) is 9.84 Å². The molecule has 0 spiro atoms. The van der Waals surface area contributed by atoms with Crippen molar-refractivity contribution in [2.75, 3.05) is 20.8 Å². The van der Waals surface area contributed by atoms with Gasteiger partial charge < -0.3 is 14.7 Å². The molecule has 0 saturated heterocycles. The van der Waals surface area contributed by atoms with Gasteiger partial charge in [0.1, 0.15) is 12.4 Å². The zero-order valence-electron chi connectivity index (χ0n) is 8.93. The minimum absolute atomic E-state index is 0.305. The smallest absolute Gasteiger partial charge is 0.248 e. The van der Waals surface area contributed by atoms with Crippen LogP contribution in [0, 0.1) is 0 Å². The highest BCUT2D eigenvalue weighted by Gasteiger charge is 2.09. The zero-order valence-corrected chi connectivity index (χ0v) is 8.93. The van der Waals surface area contributed by atoms with Crippen molar-refractivity contribution in [1.82, 2.24) is 4.90 Å². The molecule has 1 amide bonds. The van der Waals surface area contributed by atoms with E-state index in [1.165, 1.54) is 4.90 Å². The third-order valence-electron chi connectivity index (χ3n) is 2.16. The van der Waals surface area contributed by atoms with Gasteiger partial charge in [-0.3, -0.25) is 4.79 Å². The molecule has 0 saturated carbocycles. The van der Waals surface area contributed by atoms with Gasteiger partial charge in [0, 0.05) is 19.2 Å². The lowest BCUT2D eigenvalue weighted by Crippen LogP contribution is -2.28. The van der Waals surface area contributed by atoms with E-state index in [2.05, 4.69) is 0 Å². The molecule has 0 aliphatic rings. The largest absolute Gasteiger partial charge is 0.496 e. The number of carbonyl (C=O) groups excluding carboxylic acids is 1. The third kappa shape index (κ3) is 2.95. The summed E-state index contributed by atoms with van der Waals surface area (Å²) in [5.41, 5.74) is 0.921. The summed E-state index contributed by atoms with van der Waals surface area (Å²) in [4.78, 5) is 12.6. The Bertz CT molecular complexity index is 338. The second-order valence-corrected chi connectivity index (χ2v) is 3.22. The van der Waals surface area contributed by atoms with Crippen molar-refractivity contribution < 1.29 is 14.6 Å². The van der Waals surface area contributed by atoms with Crippen LogP contribution in [0.1, 0.15) is 5.56 Å². The summed E-state index contributed by atoms with van der Waals surface area (Å²) in [5, 5.41) is 8.69. The minimum Gasteiger partial charge on any atom is -0.496 e. The molecular weight excluding hydrogens is 194 g/mol. The van der Waals surface area contributed by atoms with Gasteiger partial charge in [-0.15, -0.1) is 0 Å². The Kier molecular flexibility index (Phi) is 4.12. The number of amides is 1. The van der Waals surface area contributed by atoms with Gasteiger partial charge in [-0.1, -0.05) is 18.2 Å². The van der Waals surface area contributed by atoms with Crippen LogP contribution in [0.5, 0.6) is 5.75 Å². The SMILES string of the molecule is COc1ccccc1CN(C)C(=O)CO. The number of hydrogen-bond donors (Lipinski definition) is 1. The summed E-state index contributed by atoms with van der Waals surface area (Å²) in [7, 11) is 3.23. The molecule has 0 heterocycles. The van der Waals surface area contributed by atoms with Crippen LogP contribution in [0.2, 0.25) is 0 Å². The molecule has 0 aromatic heterocycles. The maximum absolute atomic E-state index is 11.2. The molecule has 0 unspecified atom stereocenters. The van der Waals surface area contributed by atoms with Crippen molar-refractivity contribution in [2.45, 2.75) is 6.54 Å². The van der Waals surface area contributed by atoms with Crippen molar-refractivity contribution in [2.24, 2.45) is 0 Å². The first-order valence-corrected chi connectivity index (χ1v) is 4.65. The molecule has 15 heavy (non-hydrogen) atoms. The number of aliphatic hydroxyl groups is 1. The van der Waals surface area contributed by atoms with Gasteiger partial charge in [-0.2, -0.15) is 0 Å². The van der Waals surface area contributed by atoms with E-state index < -0.39 is 6.61 Å². The minimum atomic E-state index is -0.467. The third-order valence-corrected chi connectivity index (χ3v) is 2.16. The van der Waals surface area contributed by atoms with Crippen LogP contribution in [-0.4, -0.2) is 36.7 Å². The number of nitrogens with zero attached hydrogens (tertiary/aromatic N) is 1. The molecule has 0 radical (unpaired) electrons. The topological polar surface area (TPSA) is 49.8 Å². The molecule has 1 aromatic carbocycles. The molecule has 0 atom stereocenters. The lowest BCUT2D eigenvalue weighted by molar-refractivity contribution is -0.133. The van der Waals surface area contributed by atoms with Gasteiger partial charge in [0.05, 0.1) is 7.11 Å². The number of hydrogen-bond acceptors (Lipinski definition) is 3. The number of aliphatic hydroxyl groups excluding tert-OH is 1. The fourth-order valence-electron chi connectivity index (χ4n) is 1.30. The van der Waals surface area contributed by atoms with Crippen molar-refractivity contribution in [3.8, 4) is 5.75 Å². The Labute approximate surface area is 89.1 Å². The molecule has 1 rings (SSSR count). The van der Waals surface area contributed by atoms with Gasteiger partial charge >= 0.3 is 0 Å². The molecular formula is C11H15NO3. The van der Waals surface area contributed by atoms with Crippen molar-refractivity contribution in [1.29, 1.82) is 0 Å². The van der Waals surface area contributed by atoms with Gasteiger partial charge in [0.2, 0.25) is 5.91 Å². The quantitative estimate of drug-likeness (QED) is 0.792. The van der Waals surface area contributed by atoms with Crippen molar-refractivity contribution in [3.05, 3.63) is 29.8 Å². The molecule has 0 aliphatic heterocycles. The van der Waals surface area contributed by atoms with Crippen molar-refractivity contribution in [3.63, 3.8) is 0 Å². The highest BCUT2D eigenvalue weighted by molar-refractivity contribution is 5.76. The maximum Gasteiger partial charge on any atom is 0.248 e. The van der Waals surface area contributed by atoms with Gasteiger partial charge in [-0.25, -0.2) is 0 Å². The highest BCUT2D eigenvalue weighted by Crippen LogP contribution is 2.18. The average molecular weight is 209 g/mol. The van der Waals surface area contributed by atoms with Gasteiger partial charge in [0.25, 0.3) is 0 Å². The Hall–Kier alpha value is -1.55. The van der Waals surface area contributed by atoms with Crippen LogP contribution in [0.15, 0.2) is 24.3 Å². The molecule has 4 heteroatoms. The summed E-state index contributed by atoms with van der Waals surface area (Å²) in [5.74, 6) is 0.441. The molecule has 4 nitrogen and oxygen atoms in total. The van der Waals surface area contributed by atoms with E-state index in [1.807, 2.05) is 24.3 Å². The number of carbonyl (C=O) groups is 1. The van der Waals surface area contributed by atoms with Crippen LogP contribution in [0.3, 0.4) is 0 Å². The highest BCUT2D eigenvalue weighted by atomic mass is 16.5. The van der Waals surface area contributed by atoms with Crippen LogP contribution >= 0.6 is 0 Å².